The van der Waals surface area contributed by atoms with Gasteiger partial charge in [0.2, 0.25) is 0 Å². The molecule has 3 N–H and O–H groups in total. The number of aryl methyl sites for hydroxylation is 1. The first-order valence-electron chi connectivity index (χ1n) is 11.7. The van der Waals surface area contributed by atoms with Gasteiger partial charge in [0, 0.05) is 13.1 Å². The molecule has 3 rings (SSSR count). The van der Waals surface area contributed by atoms with Crippen molar-refractivity contribution in [2.45, 2.75) is 60.4 Å². The highest BCUT2D eigenvalue weighted by molar-refractivity contribution is 6.07. The molecule has 2 heterocycles. The molecule has 3 aromatic rings. The van der Waals surface area contributed by atoms with E-state index in [4.69, 9.17) is 5.73 Å². The van der Waals surface area contributed by atoms with Crippen LogP contribution in [0, 0.1) is 19.8 Å². The number of aromatic amines is 1. The summed E-state index contributed by atoms with van der Waals surface area (Å²) in [5, 5.41) is 4.43. The van der Waals surface area contributed by atoms with Gasteiger partial charge in [-0.15, -0.1) is 0 Å². The van der Waals surface area contributed by atoms with Crippen LogP contribution in [-0.4, -0.2) is 31.8 Å². The summed E-state index contributed by atoms with van der Waals surface area (Å²) in [5.74, 6) is -0.0873. The van der Waals surface area contributed by atoms with Crippen LogP contribution in [0.3, 0.4) is 0 Å². The van der Waals surface area contributed by atoms with E-state index in [1.165, 1.54) is 15.7 Å². The smallest absolute Gasteiger partial charge is 0.330 e. The van der Waals surface area contributed by atoms with Gasteiger partial charge in [0.25, 0.3) is 11.5 Å². The van der Waals surface area contributed by atoms with Crippen molar-refractivity contribution >= 4 is 17.4 Å². The summed E-state index contributed by atoms with van der Waals surface area (Å²) >= 11 is 0. The van der Waals surface area contributed by atoms with Crippen LogP contribution >= 0.6 is 0 Å². The third-order valence-corrected chi connectivity index (χ3v) is 5.88. The number of nitrogens with zero attached hydrogens (tertiary/aromatic N) is 4. The SMILES string of the molecule is CCCCn1c(N)c(N(CCC(C)C)C(=O)c2cnn(-c3cccc(C)c3)c2C)c(=O)[nH]c1=O. The fourth-order valence-corrected chi connectivity index (χ4v) is 3.86. The lowest BCUT2D eigenvalue weighted by Gasteiger charge is -2.25. The number of nitrogens with two attached hydrogens (primary N) is 1. The summed E-state index contributed by atoms with van der Waals surface area (Å²) in [6.07, 6.45) is 3.75. The zero-order valence-corrected chi connectivity index (χ0v) is 20.6. The number of carbonyl (C=O) groups is 1. The van der Waals surface area contributed by atoms with Gasteiger partial charge in [-0.2, -0.15) is 5.10 Å². The first-order valence-corrected chi connectivity index (χ1v) is 11.7. The second kappa shape index (κ2) is 10.5. The van der Waals surface area contributed by atoms with Crippen LogP contribution in [0.2, 0.25) is 0 Å². The molecule has 0 aliphatic heterocycles. The monoisotopic (exact) mass is 466 g/mol. The molecule has 0 unspecified atom stereocenters. The Labute approximate surface area is 199 Å². The minimum atomic E-state index is -0.670. The number of hydrogen-bond acceptors (Lipinski definition) is 5. The summed E-state index contributed by atoms with van der Waals surface area (Å²) in [6.45, 7) is 10.5. The number of amides is 1. The molecule has 34 heavy (non-hydrogen) atoms. The van der Waals surface area contributed by atoms with Crippen molar-refractivity contribution < 1.29 is 4.79 Å². The molecular formula is C25H34N6O3. The van der Waals surface area contributed by atoms with Gasteiger partial charge < -0.3 is 10.6 Å². The van der Waals surface area contributed by atoms with Gasteiger partial charge in [0.1, 0.15) is 5.82 Å². The van der Waals surface area contributed by atoms with Crippen LogP contribution in [0.5, 0.6) is 0 Å². The van der Waals surface area contributed by atoms with E-state index in [1.54, 1.807) is 4.68 Å². The van der Waals surface area contributed by atoms with E-state index in [2.05, 4.69) is 10.1 Å². The van der Waals surface area contributed by atoms with Crippen LogP contribution in [-0.2, 0) is 6.54 Å². The molecule has 0 radical (unpaired) electrons. The summed E-state index contributed by atoms with van der Waals surface area (Å²) in [6, 6.07) is 7.83. The number of anilines is 2. The molecule has 0 atom stereocenters. The second-order valence-corrected chi connectivity index (χ2v) is 9.03. The normalized spacial score (nSPS) is 11.2. The van der Waals surface area contributed by atoms with E-state index in [9.17, 15) is 14.4 Å². The third-order valence-electron chi connectivity index (χ3n) is 5.88. The number of rotatable bonds is 9. The average Bonchev–Trinajstić information content (AvgIpc) is 3.16. The average molecular weight is 467 g/mol. The fourth-order valence-electron chi connectivity index (χ4n) is 3.86. The summed E-state index contributed by atoms with van der Waals surface area (Å²) < 4.78 is 3.04. The van der Waals surface area contributed by atoms with Crippen molar-refractivity contribution in [3.05, 3.63) is 68.1 Å². The van der Waals surface area contributed by atoms with Crippen LogP contribution in [0.15, 0.2) is 40.1 Å². The zero-order chi connectivity index (χ0) is 25.0. The largest absolute Gasteiger partial charge is 0.383 e. The molecule has 0 saturated carbocycles. The highest BCUT2D eigenvalue weighted by Gasteiger charge is 2.28. The number of carbonyl (C=O) groups excluding carboxylic acids is 1. The molecule has 9 nitrogen and oxygen atoms in total. The Morgan fingerprint density at radius 3 is 2.62 bits per heavy atom. The Morgan fingerprint density at radius 2 is 1.97 bits per heavy atom. The molecule has 0 aliphatic carbocycles. The molecule has 0 fully saturated rings. The van der Waals surface area contributed by atoms with Crippen molar-refractivity contribution in [1.82, 2.24) is 19.3 Å². The standard InChI is InChI=1S/C25H34N6O3/c1-6-7-12-30-22(26)21(23(32)28-25(30)34)29(13-11-16(2)3)24(33)20-15-27-31(18(20)5)19-10-8-9-17(4)14-19/h8-10,14-16H,6-7,11-13,26H2,1-5H3,(H,28,32,34). The summed E-state index contributed by atoms with van der Waals surface area (Å²) in [4.78, 5) is 42.8. The minimum Gasteiger partial charge on any atom is -0.383 e. The fraction of sp³-hybridized carbons (Fsp3) is 0.440. The van der Waals surface area contributed by atoms with Gasteiger partial charge in [0.15, 0.2) is 5.69 Å². The molecule has 0 spiro atoms. The Hall–Kier alpha value is -3.62. The molecule has 0 bridgehead atoms. The lowest BCUT2D eigenvalue weighted by molar-refractivity contribution is 0.0985. The molecular weight excluding hydrogens is 432 g/mol. The highest BCUT2D eigenvalue weighted by atomic mass is 16.2. The number of hydrogen-bond donors (Lipinski definition) is 2. The molecule has 1 amide bonds. The van der Waals surface area contributed by atoms with Crippen molar-refractivity contribution in [2.24, 2.45) is 5.92 Å². The maximum absolute atomic E-state index is 13.8. The van der Waals surface area contributed by atoms with E-state index in [0.717, 1.165) is 24.1 Å². The number of benzene rings is 1. The summed E-state index contributed by atoms with van der Waals surface area (Å²) in [7, 11) is 0. The van der Waals surface area contributed by atoms with Gasteiger partial charge >= 0.3 is 5.69 Å². The number of nitrogens with one attached hydrogen (secondary N) is 1. The van der Waals surface area contributed by atoms with Crippen LogP contribution in [0.1, 0.15) is 61.6 Å². The number of aromatic nitrogens is 4. The van der Waals surface area contributed by atoms with Gasteiger partial charge in [-0.1, -0.05) is 39.3 Å². The van der Waals surface area contributed by atoms with E-state index in [-0.39, 0.29) is 29.9 Å². The number of unbranched alkanes of at least 4 members (excludes halogenated alkanes) is 1. The molecule has 9 heteroatoms. The zero-order valence-electron chi connectivity index (χ0n) is 20.6. The van der Waals surface area contributed by atoms with E-state index in [0.29, 0.717) is 24.2 Å². The van der Waals surface area contributed by atoms with Gasteiger partial charge in [-0.05, 0) is 50.3 Å². The third kappa shape index (κ3) is 5.13. The Bertz CT molecular complexity index is 1280. The van der Waals surface area contributed by atoms with Gasteiger partial charge in [0.05, 0.1) is 23.1 Å². The number of nitrogen functional groups attached to an aromatic ring is 1. The van der Waals surface area contributed by atoms with E-state index in [1.807, 2.05) is 58.9 Å². The van der Waals surface area contributed by atoms with Crippen molar-refractivity contribution in [2.75, 3.05) is 17.2 Å². The van der Waals surface area contributed by atoms with Crippen LogP contribution in [0.4, 0.5) is 11.5 Å². The maximum Gasteiger partial charge on any atom is 0.330 e. The summed E-state index contributed by atoms with van der Waals surface area (Å²) in [5.41, 5.74) is 8.03. The van der Waals surface area contributed by atoms with E-state index >= 15 is 0 Å². The molecule has 2 aromatic heterocycles. The predicted octanol–water partition coefficient (Wildman–Crippen LogP) is 3.41. The molecule has 1 aromatic carbocycles. The lowest BCUT2D eigenvalue weighted by Crippen LogP contribution is -2.42. The Balaban J connectivity index is 2.10. The first kappa shape index (κ1) is 25.0. The quantitative estimate of drug-likeness (QED) is 0.501. The van der Waals surface area contributed by atoms with Crippen LogP contribution < -0.4 is 21.9 Å². The van der Waals surface area contributed by atoms with E-state index < -0.39 is 11.2 Å². The molecule has 182 valence electrons. The maximum atomic E-state index is 13.8. The first-order chi connectivity index (χ1) is 16.1. The molecule has 0 aliphatic rings. The number of H-pyrrole nitrogens is 1. The topological polar surface area (TPSA) is 119 Å². The van der Waals surface area contributed by atoms with Crippen molar-refractivity contribution in [1.29, 1.82) is 0 Å². The highest BCUT2D eigenvalue weighted by Crippen LogP contribution is 2.23. The van der Waals surface area contributed by atoms with Crippen molar-refractivity contribution in [3.63, 3.8) is 0 Å². The predicted molar refractivity (Wildman–Crippen MR) is 135 cm³/mol. The van der Waals surface area contributed by atoms with Crippen molar-refractivity contribution in [3.8, 4) is 5.69 Å². The van der Waals surface area contributed by atoms with Gasteiger partial charge in [-0.3, -0.25) is 19.1 Å². The van der Waals surface area contributed by atoms with Gasteiger partial charge in [-0.25, -0.2) is 9.48 Å². The lowest BCUT2D eigenvalue weighted by atomic mass is 10.1. The molecule has 0 saturated heterocycles. The van der Waals surface area contributed by atoms with Crippen LogP contribution in [0.25, 0.3) is 5.69 Å². The Morgan fingerprint density at radius 1 is 1.24 bits per heavy atom. The second-order valence-electron chi connectivity index (χ2n) is 9.03. The Kier molecular flexibility index (Phi) is 7.75. The minimum absolute atomic E-state index is 0.00281.